The number of ether oxygens (including phenoxy) is 1. The van der Waals surface area contributed by atoms with Gasteiger partial charge in [0.15, 0.2) is 0 Å². The van der Waals surface area contributed by atoms with Crippen molar-refractivity contribution in [3.8, 4) is 5.75 Å². The summed E-state index contributed by atoms with van der Waals surface area (Å²) in [6.45, 7) is 4.62. The van der Waals surface area contributed by atoms with Gasteiger partial charge < -0.3 is 10.1 Å². The number of rotatable bonds is 6. The van der Waals surface area contributed by atoms with E-state index in [0.717, 1.165) is 6.42 Å². The first kappa shape index (κ1) is 15.6. The first-order valence-corrected chi connectivity index (χ1v) is 7.88. The van der Waals surface area contributed by atoms with Crippen LogP contribution in [0.1, 0.15) is 56.3 Å². The van der Waals surface area contributed by atoms with E-state index in [2.05, 4.69) is 11.4 Å². The van der Waals surface area contributed by atoms with Crippen molar-refractivity contribution in [2.45, 2.75) is 52.1 Å². The van der Waals surface area contributed by atoms with Crippen molar-refractivity contribution in [1.82, 2.24) is 5.32 Å². The third-order valence-electron chi connectivity index (χ3n) is 3.61. The van der Waals surface area contributed by atoms with E-state index < -0.39 is 0 Å². The average molecular weight is 287 g/mol. The fraction of sp³-hybridized carbons (Fsp3) is 0.500. The van der Waals surface area contributed by atoms with Crippen molar-refractivity contribution in [2.75, 3.05) is 6.54 Å². The minimum atomic E-state index is -0.0531. The summed E-state index contributed by atoms with van der Waals surface area (Å²) in [5, 5.41) is 3.00. The Morgan fingerprint density at radius 2 is 2.10 bits per heavy atom. The summed E-state index contributed by atoms with van der Waals surface area (Å²) >= 11 is 0. The molecule has 0 spiro atoms. The van der Waals surface area contributed by atoms with E-state index in [1.165, 1.54) is 31.3 Å². The van der Waals surface area contributed by atoms with Crippen LogP contribution >= 0.6 is 0 Å². The van der Waals surface area contributed by atoms with Crippen LogP contribution in [0.4, 0.5) is 0 Å². The summed E-state index contributed by atoms with van der Waals surface area (Å²) in [6.07, 6.45) is 8.30. The highest BCUT2D eigenvalue weighted by molar-refractivity contribution is 5.96. The third-order valence-corrected chi connectivity index (χ3v) is 3.61. The highest BCUT2D eigenvalue weighted by atomic mass is 16.5. The lowest BCUT2D eigenvalue weighted by molar-refractivity contribution is 0.0948. The molecule has 0 bridgehead atoms. The SMILES string of the molecule is CC(C)Oc1ccccc1C(=O)NCCC1=CCCCC1. The van der Waals surface area contributed by atoms with Gasteiger partial charge in [-0.25, -0.2) is 0 Å². The van der Waals surface area contributed by atoms with Gasteiger partial charge in [-0.15, -0.1) is 0 Å². The summed E-state index contributed by atoms with van der Waals surface area (Å²) in [5.74, 6) is 0.601. The molecule has 0 saturated carbocycles. The van der Waals surface area contributed by atoms with E-state index in [4.69, 9.17) is 4.74 Å². The Balaban J connectivity index is 1.89. The standard InChI is InChI=1S/C18H25NO2/c1-14(2)21-17-11-7-6-10-16(17)18(20)19-13-12-15-8-4-3-5-9-15/h6-8,10-11,14H,3-5,9,12-13H2,1-2H3,(H,19,20). The third kappa shape index (κ3) is 4.92. The van der Waals surface area contributed by atoms with E-state index in [1.807, 2.05) is 38.1 Å². The molecule has 1 aliphatic carbocycles. The van der Waals surface area contributed by atoms with E-state index in [9.17, 15) is 4.79 Å². The predicted molar refractivity (Wildman–Crippen MR) is 85.7 cm³/mol. The van der Waals surface area contributed by atoms with Gasteiger partial charge in [0.2, 0.25) is 0 Å². The van der Waals surface area contributed by atoms with Crippen molar-refractivity contribution in [3.05, 3.63) is 41.5 Å². The second-order valence-electron chi connectivity index (χ2n) is 5.78. The van der Waals surface area contributed by atoms with Crippen LogP contribution < -0.4 is 10.1 Å². The lowest BCUT2D eigenvalue weighted by Crippen LogP contribution is -2.25. The van der Waals surface area contributed by atoms with E-state index in [1.54, 1.807) is 0 Å². The molecule has 0 unspecified atom stereocenters. The Labute approximate surface area is 127 Å². The second-order valence-corrected chi connectivity index (χ2v) is 5.78. The molecule has 0 atom stereocenters. The molecule has 1 aromatic rings. The molecule has 1 N–H and O–H groups in total. The lowest BCUT2D eigenvalue weighted by Gasteiger charge is -2.15. The van der Waals surface area contributed by atoms with Gasteiger partial charge in [0.05, 0.1) is 11.7 Å². The number of benzene rings is 1. The maximum absolute atomic E-state index is 12.3. The molecule has 21 heavy (non-hydrogen) atoms. The molecule has 3 nitrogen and oxygen atoms in total. The molecule has 3 heteroatoms. The maximum atomic E-state index is 12.3. The highest BCUT2D eigenvalue weighted by Crippen LogP contribution is 2.21. The molecule has 0 saturated heterocycles. The zero-order valence-corrected chi connectivity index (χ0v) is 13.0. The number of hydrogen-bond donors (Lipinski definition) is 1. The molecule has 0 heterocycles. The topological polar surface area (TPSA) is 38.3 Å². The number of nitrogens with one attached hydrogen (secondary N) is 1. The van der Waals surface area contributed by atoms with Gasteiger partial charge in [0, 0.05) is 6.54 Å². The summed E-state index contributed by atoms with van der Waals surface area (Å²) in [5.41, 5.74) is 2.09. The fourth-order valence-corrected chi connectivity index (χ4v) is 2.57. The van der Waals surface area contributed by atoms with Crippen LogP contribution in [0.15, 0.2) is 35.9 Å². The van der Waals surface area contributed by atoms with Gasteiger partial charge in [-0.05, 0) is 58.1 Å². The number of allylic oxidation sites excluding steroid dienone is 1. The van der Waals surface area contributed by atoms with Crippen molar-refractivity contribution in [2.24, 2.45) is 0 Å². The number of carbonyl (C=O) groups excluding carboxylic acids is 1. The Hall–Kier alpha value is -1.77. The summed E-state index contributed by atoms with van der Waals surface area (Å²) in [4.78, 5) is 12.3. The van der Waals surface area contributed by atoms with Crippen LogP contribution in [-0.4, -0.2) is 18.6 Å². The number of carbonyl (C=O) groups is 1. The van der Waals surface area contributed by atoms with Gasteiger partial charge >= 0.3 is 0 Å². The Kier molecular flexibility index (Phi) is 5.85. The summed E-state index contributed by atoms with van der Waals surface area (Å²) in [7, 11) is 0. The molecule has 114 valence electrons. The van der Waals surface area contributed by atoms with Gasteiger partial charge in [0.1, 0.15) is 5.75 Å². The smallest absolute Gasteiger partial charge is 0.255 e. The molecule has 0 fully saturated rings. The quantitative estimate of drug-likeness (QED) is 0.800. The minimum Gasteiger partial charge on any atom is -0.490 e. The Bertz CT molecular complexity index is 506. The average Bonchev–Trinajstić information content (AvgIpc) is 2.48. The van der Waals surface area contributed by atoms with Crippen LogP contribution in [0.25, 0.3) is 0 Å². The van der Waals surface area contributed by atoms with Crippen LogP contribution in [-0.2, 0) is 0 Å². The Morgan fingerprint density at radius 3 is 2.81 bits per heavy atom. The van der Waals surface area contributed by atoms with Gasteiger partial charge in [0.25, 0.3) is 5.91 Å². The van der Waals surface area contributed by atoms with Crippen molar-refractivity contribution in [1.29, 1.82) is 0 Å². The zero-order chi connectivity index (χ0) is 15.1. The largest absolute Gasteiger partial charge is 0.490 e. The van der Waals surface area contributed by atoms with Crippen LogP contribution in [0.5, 0.6) is 5.75 Å². The molecule has 1 aromatic carbocycles. The molecule has 0 aromatic heterocycles. The van der Waals surface area contributed by atoms with E-state index in [-0.39, 0.29) is 12.0 Å². The normalized spacial score (nSPS) is 14.7. The maximum Gasteiger partial charge on any atom is 0.255 e. The Morgan fingerprint density at radius 1 is 1.29 bits per heavy atom. The van der Waals surface area contributed by atoms with Crippen molar-refractivity contribution in [3.63, 3.8) is 0 Å². The highest BCUT2D eigenvalue weighted by Gasteiger charge is 2.13. The van der Waals surface area contributed by atoms with Crippen molar-refractivity contribution < 1.29 is 9.53 Å². The molecular formula is C18H25NO2. The molecular weight excluding hydrogens is 262 g/mol. The monoisotopic (exact) mass is 287 g/mol. The van der Waals surface area contributed by atoms with Gasteiger partial charge in [-0.1, -0.05) is 23.8 Å². The van der Waals surface area contributed by atoms with Gasteiger partial charge in [-0.2, -0.15) is 0 Å². The van der Waals surface area contributed by atoms with E-state index >= 15 is 0 Å². The molecule has 1 aliphatic rings. The van der Waals surface area contributed by atoms with E-state index in [0.29, 0.717) is 17.9 Å². The fourth-order valence-electron chi connectivity index (χ4n) is 2.57. The first-order valence-electron chi connectivity index (χ1n) is 7.88. The van der Waals surface area contributed by atoms with Crippen LogP contribution in [0.2, 0.25) is 0 Å². The minimum absolute atomic E-state index is 0.0531. The zero-order valence-electron chi connectivity index (χ0n) is 13.0. The van der Waals surface area contributed by atoms with Crippen molar-refractivity contribution >= 4 is 5.91 Å². The van der Waals surface area contributed by atoms with Gasteiger partial charge in [-0.3, -0.25) is 4.79 Å². The first-order chi connectivity index (χ1) is 10.2. The molecule has 2 rings (SSSR count). The summed E-state index contributed by atoms with van der Waals surface area (Å²) < 4.78 is 5.69. The number of hydrogen-bond acceptors (Lipinski definition) is 2. The van der Waals surface area contributed by atoms with Crippen LogP contribution in [0, 0.1) is 0 Å². The predicted octanol–water partition coefficient (Wildman–Crippen LogP) is 4.09. The lowest BCUT2D eigenvalue weighted by atomic mass is 9.97. The number of amides is 1. The summed E-state index contributed by atoms with van der Waals surface area (Å²) in [6, 6.07) is 7.42. The number of para-hydroxylation sites is 1. The molecule has 1 amide bonds. The molecule has 0 radical (unpaired) electrons. The van der Waals surface area contributed by atoms with Crippen LogP contribution in [0.3, 0.4) is 0 Å². The second kappa shape index (κ2) is 7.87. The molecule has 0 aliphatic heterocycles.